The molecule has 0 aromatic rings. The van der Waals surface area contributed by atoms with Crippen LogP contribution in [0, 0.1) is 5.41 Å². The van der Waals surface area contributed by atoms with Crippen LogP contribution in [0.1, 0.15) is 112 Å². The van der Waals surface area contributed by atoms with Crippen molar-refractivity contribution in [1.29, 1.82) is 0 Å². The minimum atomic E-state index is -1.11. The van der Waals surface area contributed by atoms with Gasteiger partial charge in [-0.25, -0.2) is 0 Å². The lowest BCUT2D eigenvalue weighted by Gasteiger charge is -2.26. The zero-order valence-corrected chi connectivity index (χ0v) is 25.8. The van der Waals surface area contributed by atoms with Crippen LogP contribution in [0.2, 0.25) is 0 Å². The Morgan fingerprint density at radius 1 is 0.634 bits per heavy atom. The standard InChI is InChI=1S/C30H52O11/c1-6-9-12-16-26(32)38-20-25(21-39-27(33)17-13-10-7-2)41-28(34)18-14-11-15-19-37-29(35)30(5,22-36-8-3)23-40-24(4)31/h25H,6-23H2,1-5H3. The number of hydrogen-bond donors (Lipinski definition) is 0. The van der Waals surface area contributed by atoms with Crippen LogP contribution in [0.15, 0.2) is 0 Å². The predicted molar refractivity (Wildman–Crippen MR) is 151 cm³/mol. The summed E-state index contributed by atoms with van der Waals surface area (Å²) in [5.74, 6) is -2.28. The zero-order valence-electron chi connectivity index (χ0n) is 25.8. The summed E-state index contributed by atoms with van der Waals surface area (Å²) in [6.45, 7) is 8.86. The number of rotatable bonds is 25. The molecule has 11 heteroatoms. The lowest BCUT2D eigenvalue weighted by Crippen LogP contribution is -2.39. The molecule has 0 aromatic carbocycles. The van der Waals surface area contributed by atoms with Gasteiger partial charge in [-0.05, 0) is 46.0 Å². The van der Waals surface area contributed by atoms with Gasteiger partial charge in [-0.15, -0.1) is 0 Å². The monoisotopic (exact) mass is 588 g/mol. The van der Waals surface area contributed by atoms with Gasteiger partial charge in [0.15, 0.2) is 6.10 Å². The first-order valence-electron chi connectivity index (χ1n) is 15.0. The minimum Gasteiger partial charge on any atom is -0.465 e. The molecular formula is C30H52O11. The van der Waals surface area contributed by atoms with Gasteiger partial charge in [0, 0.05) is 32.8 Å². The molecule has 0 bridgehead atoms. The summed E-state index contributed by atoms with van der Waals surface area (Å²) < 4.78 is 31.7. The van der Waals surface area contributed by atoms with Crippen molar-refractivity contribution in [3.05, 3.63) is 0 Å². The zero-order chi connectivity index (χ0) is 30.9. The van der Waals surface area contributed by atoms with Crippen LogP contribution in [0.25, 0.3) is 0 Å². The third-order valence-electron chi connectivity index (χ3n) is 6.10. The summed E-state index contributed by atoms with van der Waals surface area (Å²) in [6, 6.07) is 0. The molecule has 0 heterocycles. The summed E-state index contributed by atoms with van der Waals surface area (Å²) in [5.41, 5.74) is -1.11. The van der Waals surface area contributed by atoms with E-state index in [1.165, 1.54) is 6.92 Å². The molecule has 0 aliphatic heterocycles. The van der Waals surface area contributed by atoms with E-state index in [0.717, 1.165) is 38.5 Å². The first-order valence-corrected chi connectivity index (χ1v) is 15.0. The summed E-state index contributed by atoms with van der Waals surface area (Å²) in [6.07, 6.45) is 6.63. The Labute approximate surface area is 245 Å². The van der Waals surface area contributed by atoms with Gasteiger partial charge in [0.1, 0.15) is 25.2 Å². The SMILES string of the molecule is CCCCCC(=O)OCC(COC(=O)CCCCC)OC(=O)CCCCCOC(=O)C(C)(COCC)COC(C)=O. The molecule has 11 nitrogen and oxygen atoms in total. The number of carbonyl (C=O) groups is 5. The van der Waals surface area contributed by atoms with Crippen molar-refractivity contribution in [3.63, 3.8) is 0 Å². The number of ether oxygens (including phenoxy) is 6. The van der Waals surface area contributed by atoms with E-state index in [1.54, 1.807) is 13.8 Å². The van der Waals surface area contributed by atoms with Crippen molar-refractivity contribution in [3.8, 4) is 0 Å². The van der Waals surface area contributed by atoms with Crippen LogP contribution in [-0.2, 0) is 52.4 Å². The van der Waals surface area contributed by atoms with Gasteiger partial charge in [0.25, 0.3) is 0 Å². The molecule has 0 fully saturated rings. The average molecular weight is 589 g/mol. The van der Waals surface area contributed by atoms with Crippen LogP contribution < -0.4 is 0 Å². The van der Waals surface area contributed by atoms with E-state index in [0.29, 0.717) is 25.9 Å². The van der Waals surface area contributed by atoms with Gasteiger partial charge in [0.05, 0.1) is 13.2 Å². The molecule has 1 unspecified atom stereocenters. The highest BCUT2D eigenvalue weighted by Crippen LogP contribution is 2.21. The van der Waals surface area contributed by atoms with Crippen LogP contribution >= 0.6 is 0 Å². The largest absolute Gasteiger partial charge is 0.465 e. The summed E-state index contributed by atoms with van der Waals surface area (Å²) >= 11 is 0. The van der Waals surface area contributed by atoms with E-state index < -0.39 is 29.4 Å². The quantitative estimate of drug-likeness (QED) is 0.0820. The first kappa shape index (κ1) is 38.3. The number of hydrogen-bond acceptors (Lipinski definition) is 11. The highest BCUT2D eigenvalue weighted by Gasteiger charge is 2.37. The van der Waals surface area contributed by atoms with E-state index >= 15 is 0 Å². The molecule has 0 N–H and O–H groups in total. The van der Waals surface area contributed by atoms with Crippen molar-refractivity contribution in [1.82, 2.24) is 0 Å². The molecule has 0 saturated carbocycles. The van der Waals surface area contributed by atoms with E-state index in [-0.39, 0.29) is 64.2 Å². The molecular weight excluding hydrogens is 536 g/mol. The molecule has 0 amide bonds. The van der Waals surface area contributed by atoms with Crippen molar-refractivity contribution in [2.45, 2.75) is 118 Å². The van der Waals surface area contributed by atoms with E-state index in [2.05, 4.69) is 0 Å². The number of unbranched alkanes of at least 4 members (excludes halogenated alkanes) is 6. The molecule has 0 spiro atoms. The Hall–Kier alpha value is -2.69. The Morgan fingerprint density at radius 3 is 1.68 bits per heavy atom. The summed E-state index contributed by atoms with van der Waals surface area (Å²) in [5, 5.41) is 0. The molecule has 41 heavy (non-hydrogen) atoms. The fraction of sp³-hybridized carbons (Fsp3) is 0.833. The second-order valence-corrected chi connectivity index (χ2v) is 10.3. The maximum Gasteiger partial charge on any atom is 0.317 e. The molecule has 0 saturated heterocycles. The molecule has 0 aromatic heterocycles. The highest BCUT2D eigenvalue weighted by molar-refractivity contribution is 5.77. The molecule has 1 atom stereocenters. The highest BCUT2D eigenvalue weighted by atomic mass is 16.6. The van der Waals surface area contributed by atoms with Gasteiger partial charge in [-0.3, -0.25) is 24.0 Å². The molecule has 0 radical (unpaired) electrons. The van der Waals surface area contributed by atoms with Crippen LogP contribution in [0.5, 0.6) is 0 Å². The smallest absolute Gasteiger partial charge is 0.317 e. The fourth-order valence-electron chi connectivity index (χ4n) is 3.55. The van der Waals surface area contributed by atoms with E-state index in [1.807, 2.05) is 13.8 Å². The predicted octanol–water partition coefficient (Wildman–Crippen LogP) is 4.85. The number of carbonyl (C=O) groups excluding carboxylic acids is 5. The van der Waals surface area contributed by atoms with E-state index in [4.69, 9.17) is 28.4 Å². The Bertz CT molecular complexity index is 742. The topological polar surface area (TPSA) is 141 Å². The van der Waals surface area contributed by atoms with Crippen molar-refractivity contribution in [2.75, 3.05) is 39.6 Å². The van der Waals surface area contributed by atoms with Gasteiger partial charge in [-0.1, -0.05) is 39.5 Å². The maximum atomic E-state index is 12.6. The molecule has 0 aliphatic rings. The normalized spacial score (nSPS) is 12.3. The Balaban J connectivity index is 4.58. The third kappa shape index (κ3) is 20.8. The second-order valence-electron chi connectivity index (χ2n) is 10.3. The van der Waals surface area contributed by atoms with Crippen LogP contribution in [0.3, 0.4) is 0 Å². The lowest BCUT2D eigenvalue weighted by atomic mass is 9.93. The minimum absolute atomic E-state index is 0.0602. The Morgan fingerprint density at radius 2 is 1.17 bits per heavy atom. The van der Waals surface area contributed by atoms with Crippen molar-refractivity contribution < 1.29 is 52.4 Å². The second kappa shape index (κ2) is 24.0. The van der Waals surface area contributed by atoms with Gasteiger partial charge in [-0.2, -0.15) is 0 Å². The number of esters is 5. The lowest BCUT2D eigenvalue weighted by molar-refractivity contribution is -0.167. The summed E-state index contributed by atoms with van der Waals surface area (Å²) in [4.78, 5) is 60.1. The molecule has 0 aliphatic carbocycles. The van der Waals surface area contributed by atoms with Crippen molar-refractivity contribution >= 4 is 29.8 Å². The van der Waals surface area contributed by atoms with Crippen LogP contribution in [0.4, 0.5) is 0 Å². The first-order chi connectivity index (χ1) is 19.6. The maximum absolute atomic E-state index is 12.6. The van der Waals surface area contributed by atoms with Gasteiger partial charge in [0.2, 0.25) is 0 Å². The third-order valence-corrected chi connectivity index (χ3v) is 6.10. The van der Waals surface area contributed by atoms with Crippen molar-refractivity contribution in [2.24, 2.45) is 5.41 Å². The van der Waals surface area contributed by atoms with Crippen LogP contribution in [-0.4, -0.2) is 75.6 Å². The summed E-state index contributed by atoms with van der Waals surface area (Å²) in [7, 11) is 0. The fourth-order valence-corrected chi connectivity index (χ4v) is 3.55. The van der Waals surface area contributed by atoms with Gasteiger partial charge >= 0.3 is 29.8 Å². The molecule has 238 valence electrons. The Kier molecular flexibility index (Phi) is 22.4. The van der Waals surface area contributed by atoms with E-state index in [9.17, 15) is 24.0 Å². The molecule has 0 rings (SSSR count). The van der Waals surface area contributed by atoms with Gasteiger partial charge < -0.3 is 28.4 Å². The average Bonchev–Trinajstić information content (AvgIpc) is 2.94.